The maximum absolute atomic E-state index is 3.71. The maximum atomic E-state index is 3.71. The number of hydrogen-bond donors (Lipinski definition) is 0. The van der Waals surface area contributed by atoms with Gasteiger partial charge in [-0.25, -0.2) is 0 Å². The fourth-order valence-corrected chi connectivity index (χ4v) is 1.99. The van der Waals surface area contributed by atoms with Gasteiger partial charge in [0.25, 0.3) is 0 Å². The Morgan fingerprint density at radius 3 is 2.69 bits per heavy atom. The van der Waals surface area contributed by atoms with Crippen LogP contribution in [0.25, 0.3) is 5.57 Å². The van der Waals surface area contributed by atoms with Crippen LogP contribution in [-0.4, -0.2) is 0 Å². The van der Waals surface area contributed by atoms with Gasteiger partial charge in [-0.1, -0.05) is 30.9 Å². The zero-order valence-corrected chi connectivity index (χ0v) is 8.90. The highest BCUT2D eigenvalue weighted by Gasteiger charge is 1.98. The van der Waals surface area contributed by atoms with Gasteiger partial charge >= 0.3 is 0 Å². The monoisotopic (exact) mass is 190 g/mol. The minimum atomic E-state index is 1.23. The van der Waals surface area contributed by atoms with Gasteiger partial charge in [-0.2, -0.15) is 0 Å². The second-order valence-electron chi connectivity index (χ2n) is 2.77. The largest absolute Gasteiger partial charge is 0.141 e. The Bertz CT molecular complexity index is 340. The third-order valence-electron chi connectivity index (χ3n) is 1.67. The van der Waals surface area contributed by atoms with Crippen LogP contribution < -0.4 is 0 Å². The van der Waals surface area contributed by atoms with Gasteiger partial charge < -0.3 is 0 Å². The van der Waals surface area contributed by atoms with Crippen LogP contribution in [0.5, 0.6) is 0 Å². The molecule has 0 aliphatic rings. The summed E-state index contributed by atoms with van der Waals surface area (Å²) in [4.78, 5) is 2.64. The summed E-state index contributed by atoms with van der Waals surface area (Å²) >= 11 is 1.81. The van der Waals surface area contributed by atoms with E-state index in [2.05, 4.69) is 31.7 Å². The third-order valence-corrected chi connectivity index (χ3v) is 2.72. The molecular weight excluding hydrogens is 176 g/mol. The molecule has 1 heterocycles. The van der Waals surface area contributed by atoms with Crippen molar-refractivity contribution in [2.75, 3.05) is 0 Å². The van der Waals surface area contributed by atoms with E-state index in [1.54, 1.807) is 0 Å². The van der Waals surface area contributed by atoms with Crippen LogP contribution in [0.15, 0.2) is 43.0 Å². The molecule has 0 bridgehead atoms. The van der Waals surface area contributed by atoms with Crippen LogP contribution in [0.3, 0.4) is 0 Å². The first kappa shape index (κ1) is 10.0. The molecule has 13 heavy (non-hydrogen) atoms. The van der Waals surface area contributed by atoms with E-state index in [-0.39, 0.29) is 0 Å². The van der Waals surface area contributed by atoms with E-state index >= 15 is 0 Å². The molecule has 1 aromatic heterocycles. The molecule has 0 radical (unpaired) electrons. The average Bonchev–Trinajstić information content (AvgIpc) is 2.51. The topological polar surface area (TPSA) is 0 Å². The Hall–Kier alpha value is -1.08. The number of thiophene rings is 1. The van der Waals surface area contributed by atoms with E-state index < -0.39 is 0 Å². The molecule has 0 saturated carbocycles. The zero-order valence-electron chi connectivity index (χ0n) is 8.08. The summed E-state index contributed by atoms with van der Waals surface area (Å²) in [5.74, 6) is 0. The van der Waals surface area contributed by atoms with Crippen LogP contribution in [0.1, 0.15) is 16.7 Å². The molecule has 0 N–H and O–H groups in total. The van der Waals surface area contributed by atoms with Crippen molar-refractivity contribution in [1.82, 2.24) is 0 Å². The second kappa shape index (κ2) is 4.83. The lowest BCUT2D eigenvalue weighted by molar-refractivity contribution is 1.64. The van der Waals surface area contributed by atoms with Gasteiger partial charge in [-0.3, -0.25) is 0 Å². The molecule has 0 aromatic carbocycles. The van der Waals surface area contributed by atoms with Crippen molar-refractivity contribution >= 4 is 16.9 Å². The minimum absolute atomic E-state index is 1.23. The predicted molar refractivity (Wildman–Crippen MR) is 62.0 cm³/mol. The van der Waals surface area contributed by atoms with Gasteiger partial charge in [0.2, 0.25) is 0 Å². The lowest BCUT2D eigenvalue weighted by atomic mass is 10.2. The summed E-state index contributed by atoms with van der Waals surface area (Å²) in [5.41, 5.74) is 1.23. The van der Waals surface area contributed by atoms with Crippen LogP contribution in [0.2, 0.25) is 0 Å². The zero-order chi connectivity index (χ0) is 9.68. The smallest absolute Gasteiger partial charge is 0.0345 e. The van der Waals surface area contributed by atoms with E-state index in [4.69, 9.17) is 0 Å². The molecular formula is C12H14S. The van der Waals surface area contributed by atoms with Crippen molar-refractivity contribution in [2.24, 2.45) is 0 Å². The first-order chi connectivity index (χ1) is 6.27. The van der Waals surface area contributed by atoms with E-state index in [0.29, 0.717) is 0 Å². The SMILES string of the molecule is C=C/C=C(\C=C/C)c1ccc(C)s1. The summed E-state index contributed by atoms with van der Waals surface area (Å²) in [6.45, 7) is 7.85. The molecule has 0 atom stereocenters. The molecule has 0 saturated heterocycles. The van der Waals surface area contributed by atoms with Crippen molar-refractivity contribution in [3.8, 4) is 0 Å². The highest BCUT2D eigenvalue weighted by atomic mass is 32.1. The Morgan fingerprint density at radius 1 is 1.46 bits per heavy atom. The van der Waals surface area contributed by atoms with E-state index in [9.17, 15) is 0 Å². The van der Waals surface area contributed by atoms with E-state index in [1.807, 2.05) is 36.5 Å². The molecule has 1 heteroatoms. The Morgan fingerprint density at radius 2 is 2.23 bits per heavy atom. The van der Waals surface area contributed by atoms with Gasteiger partial charge in [-0.05, 0) is 31.6 Å². The number of aryl methyl sites for hydroxylation is 1. The van der Waals surface area contributed by atoms with Crippen molar-refractivity contribution in [3.63, 3.8) is 0 Å². The number of allylic oxidation sites excluding steroid dienone is 5. The fraction of sp³-hybridized carbons (Fsp3) is 0.167. The lowest BCUT2D eigenvalue weighted by Gasteiger charge is -1.95. The quantitative estimate of drug-likeness (QED) is 0.626. The van der Waals surface area contributed by atoms with Crippen LogP contribution >= 0.6 is 11.3 Å². The van der Waals surface area contributed by atoms with Crippen LogP contribution in [-0.2, 0) is 0 Å². The summed E-state index contributed by atoms with van der Waals surface area (Å²) in [5, 5.41) is 0. The lowest BCUT2D eigenvalue weighted by Crippen LogP contribution is -1.71. The van der Waals surface area contributed by atoms with Crippen molar-refractivity contribution < 1.29 is 0 Å². The van der Waals surface area contributed by atoms with Crippen molar-refractivity contribution in [3.05, 3.63) is 52.8 Å². The van der Waals surface area contributed by atoms with E-state index in [1.165, 1.54) is 15.3 Å². The second-order valence-corrected chi connectivity index (χ2v) is 4.06. The summed E-state index contributed by atoms with van der Waals surface area (Å²) in [7, 11) is 0. The summed E-state index contributed by atoms with van der Waals surface area (Å²) in [6, 6.07) is 4.29. The number of hydrogen-bond acceptors (Lipinski definition) is 1. The molecule has 0 nitrogen and oxygen atoms in total. The number of rotatable bonds is 3. The minimum Gasteiger partial charge on any atom is -0.141 e. The molecule has 1 rings (SSSR count). The molecule has 0 fully saturated rings. The molecule has 0 aliphatic heterocycles. The molecule has 0 spiro atoms. The Balaban J connectivity index is 3.01. The predicted octanol–water partition coefficient (Wildman–Crippen LogP) is 4.20. The highest BCUT2D eigenvalue weighted by molar-refractivity contribution is 7.13. The van der Waals surface area contributed by atoms with Crippen molar-refractivity contribution in [2.45, 2.75) is 13.8 Å². The molecule has 0 aliphatic carbocycles. The van der Waals surface area contributed by atoms with E-state index in [0.717, 1.165) is 0 Å². The van der Waals surface area contributed by atoms with Gasteiger partial charge in [-0.15, -0.1) is 11.3 Å². The summed E-state index contributed by atoms with van der Waals surface area (Å²) < 4.78 is 0. The van der Waals surface area contributed by atoms with Crippen LogP contribution in [0, 0.1) is 6.92 Å². The third kappa shape index (κ3) is 2.71. The Labute approximate surface area is 83.9 Å². The maximum Gasteiger partial charge on any atom is 0.0345 e. The van der Waals surface area contributed by atoms with Gasteiger partial charge in [0.1, 0.15) is 0 Å². The van der Waals surface area contributed by atoms with Gasteiger partial charge in [0.05, 0.1) is 0 Å². The Kier molecular flexibility index (Phi) is 3.71. The highest BCUT2D eigenvalue weighted by Crippen LogP contribution is 2.24. The fourth-order valence-electron chi connectivity index (χ4n) is 1.12. The molecule has 1 aromatic rings. The first-order valence-corrected chi connectivity index (χ1v) is 5.12. The molecule has 0 unspecified atom stereocenters. The molecule has 0 amide bonds. The van der Waals surface area contributed by atoms with Gasteiger partial charge in [0.15, 0.2) is 0 Å². The molecule has 68 valence electrons. The normalized spacial score (nSPS) is 12.3. The van der Waals surface area contributed by atoms with Crippen LogP contribution in [0.4, 0.5) is 0 Å². The average molecular weight is 190 g/mol. The van der Waals surface area contributed by atoms with Gasteiger partial charge in [0, 0.05) is 9.75 Å². The first-order valence-electron chi connectivity index (χ1n) is 4.30. The standard InChI is InChI=1S/C12H14S/c1-4-6-11(7-5-2)12-9-8-10(3)13-12/h4-9H,1H2,2-3H3/b7-5-,11-6+. The summed E-state index contributed by atoms with van der Waals surface area (Å²) in [6.07, 6.45) is 8.01. The van der Waals surface area contributed by atoms with Crippen molar-refractivity contribution in [1.29, 1.82) is 0 Å².